The Kier molecular flexibility index (Phi) is 5.19. The van der Waals surface area contributed by atoms with Gasteiger partial charge < -0.3 is 9.64 Å². The molecule has 0 spiro atoms. The lowest BCUT2D eigenvalue weighted by atomic mass is 10.2. The van der Waals surface area contributed by atoms with Crippen LogP contribution in [-0.2, 0) is 4.79 Å². The Morgan fingerprint density at radius 1 is 1.26 bits per heavy atom. The van der Waals surface area contributed by atoms with Gasteiger partial charge in [0, 0.05) is 17.6 Å². The number of amides is 1. The average Bonchev–Trinajstić information content (AvgIpc) is 2.66. The molecule has 19 heavy (non-hydrogen) atoms. The van der Waals surface area contributed by atoms with Gasteiger partial charge in [0.1, 0.15) is 0 Å². The summed E-state index contributed by atoms with van der Waals surface area (Å²) >= 11 is 3.18. The highest BCUT2D eigenvalue weighted by molar-refractivity contribution is 9.10. The summed E-state index contributed by atoms with van der Waals surface area (Å²) in [5, 5.41) is 0. The molecule has 1 aliphatic heterocycles. The molecule has 0 aliphatic carbocycles. The Morgan fingerprint density at radius 2 is 1.95 bits per heavy atom. The molecule has 0 radical (unpaired) electrons. The highest BCUT2D eigenvalue weighted by atomic mass is 79.9. The number of carbonyl (C=O) groups excluding carboxylic acids is 1. The Morgan fingerprint density at radius 3 is 2.58 bits per heavy atom. The van der Waals surface area contributed by atoms with Gasteiger partial charge in [0.2, 0.25) is 0 Å². The van der Waals surface area contributed by atoms with Crippen molar-refractivity contribution in [3.05, 3.63) is 28.5 Å². The Balaban J connectivity index is 1.88. The van der Waals surface area contributed by atoms with Gasteiger partial charge in [-0.1, -0.05) is 28.8 Å². The molecule has 0 bridgehead atoms. The van der Waals surface area contributed by atoms with E-state index in [1.165, 1.54) is 25.0 Å². The molecule has 1 aliphatic rings. The topological polar surface area (TPSA) is 29.5 Å². The number of likely N-dealkylation sites (tertiary alicyclic amines) is 1. The summed E-state index contributed by atoms with van der Waals surface area (Å²) in [4.78, 5) is 13.8. The van der Waals surface area contributed by atoms with Crippen LogP contribution >= 0.6 is 15.9 Å². The second-order valence-corrected chi connectivity index (χ2v) is 5.57. The van der Waals surface area contributed by atoms with Crippen molar-refractivity contribution < 1.29 is 13.9 Å². The fourth-order valence-corrected chi connectivity index (χ4v) is 2.48. The zero-order valence-corrected chi connectivity index (χ0v) is 12.3. The zero-order chi connectivity index (χ0) is 13.7. The van der Waals surface area contributed by atoms with E-state index in [1.807, 2.05) is 4.90 Å². The quantitative estimate of drug-likeness (QED) is 0.850. The van der Waals surface area contributed by atoms with Gasteiger partial charge in [0.05, 0.1) is 0 Å². The van der Waals surface area contributed by atoms with Crippen molar-refractivity contribution in [2.45, 2.75) is 25.7 Å². The molecule has 1 aromatic carbocycles. The molecular weight excluding hydrogens is 313 g/mol. The van der Waals surface area contributed by atoms with Crippen molar-refractivity contribution >= 4 is 21.8 Å². The first-order valence-electron chi connectivity index (χ1n) is 6.52. The van der Waals surface area contributed by atoms with Gasteiger partial charge in [-0.15, -0.1) is 0 Å². The van der Waals surface area contributed by atoms with Crippen LogP contribution in [0.1, 0.15) is 25.7 Å². The van der Waals surface area contributed by atoms with Crippen LogP contribution in [0, 0.1) is 5.82 Å². The summed E-state index contributed by atoms with van der Waals surface area (Å²) in [5.74, 6) is -0.409. The maximum atomic E-state index is 13.5. The van der Waals surface area contributed by atoms with Crippen molar-refractivity contribution in [2.24, 2.45) is 0 Å². The van der Waals surface area contributed by atoms with Crippen molar-refractivity contribution in [1.82, 2.24) is 4.90 Å². The zero-order valence-electron chi connectivity index (χ0n) is 10.7. The molecule has 1 fully saturated rings. The predicted octanol–water partition coefficient (Wildman–Crippen LogP) is 3.37. The molecule has 0 N–H and O–H groups in total. The van der Waals surface area contributed by atoms with Gasteiger partial charge in [0.25, 0.3) is 5.91 Å². The van der Waals surface area contributed by atoms with Crippen LogP contribution in [0.15, 0.2) is 22.7 Å². The van der Waals surface area contributed by atoms with Crippen molar-refractivity contribution in [1.29, 1.82) is 0 Å². The number of ether oxygens (including phenoxy) is 1. The monoisotopic (exact) mass is 329 g/mol. The molecule has 5 heteroatoms. The highest BCUT2D eigenvalue weighted by Gasteiger charge is 2.16. The molecule has 2 rings (SSSR count). The van der Waals surface area contributed by atoms with Crippen LogP contribution in [0.25, 0.3) is 0 Å². The molecule has 0 aromatic heterocycles. The van der Waals surface area contributed by atoms with E-state index in [4.69, 9.17) is 4.74 Å². The second kappa shape index (κ2) is 6.89. The maximum Gasteiger partial charge on any atom is 0.260 e. The molecule has 1 aromatic rings. The summed E-state index contributed by atoms with van der Waals surface area (Å²) in [6.45, 7) is 1.47. The molecule has 3 nitrogen and oxygen atoms in total. The number of hydrogen-bond donors (Lipinski definition) is 0. The summed E-state index contributed by atoms with van der Waals surface area (Å²) < 4.78 is 19.4. The van der Waals surface area contributed by atoms with Gasteiger partial charge in [0.15, 0.2) is 18.2 Å². The minimum Gasteiger partial charge on any atom is -0.481 e. The van der Waals surface area contributed by atoms with E-state index in [0.717, 1.165) is 25.9 Å². The average molecular weight is 330 g/mol. The molecule has 104 valence electrons. The van der Waals surface area contributed by atoms with Crippen molar-refractivity contribution in [3.8, 4) is 5.75 Å². The normalized spacial score (nSPS) is 16.0. The third-order valence-electron chi connectivity index (χ3n) is 3.20. The van der Waals surface area contributed by atoms with E-state index < -0.39 is 5.82 Å². The Hall–Kier alpha value is -1.10. The number of nitrogens with zero attached hydrogens (tertiary/aromatic N) is 1. The lowest BCUT2D eigenvalue weighted by Gasteiger charge is -2.20. The number of hydrogen-bond acceptors (Lipinski definition) is 2. The first-order valence-corrected chi connectivity index (χ1v) is 7.32. The molecule has 0 unspecified atom stereocenters. The molecule has 1 amide bonds. The fourth-order valence-electron chi connectivity index (χ4n) is 2.14. The molecular formula is C14H17BrFNO2. The SMILES string of the molecule is O=C(COc1ccc(Br)cc1F)N1CCCCCC1. The largest absolute Gasteiger partial charge is 0.481 e. The van der Waals surface area contributed by atoms with Crippen LogP contribution < -0.4 is 4.74 Å². The van der Waals surface area contributed by atoms with Gasteiger partial charge in [-0.2, -0.15) is 0 Å². The summed E-state index contributed by atoms with van der Waals surface area (Å²) in [6, 6.07) is 4.54. The van der Waals surface area contributed by atoms with Crippen LogP contribution in [0.3, 0.4) is 0 Å². The van der Waals surface area contributed by atoms with E-state index in [-0.39, 0.29) is 18.3 Å². The smallest absolute Gasteiger partial charge is 0.260 e. The Labute approximate surface area is 120 Å². The highest BCUT2D eigenvalue weighted by Crippen LogP contribution is 2.21. The second-order valence-electron chi connectivity index (χ2n) is 4.66. The van der Waals surface area contributed by atoms with E-state index in [1.54, 1.807) is 6.07 Å². The molecule has 0 saturated carbocycles. The van der Waals surface area contributed by atoms with E-state index >= 15 is 0 Å². The fraction of sp³-hybridized carbons (Fsp3) is 0.500. The van der Waals surface area contributed by atoms with Gasteiger partial charge in [-0.25, -0.2) is 4.39 Å². The lowest BCUT2D eigenvalue weighted by molar-refractivity contribution is -0.133. The maximum absolute atomic E-state index is 13.5. The van der Waals surface area contributed by atoms with E-state index in [9.17, 15) is 9.18 Å². The number of carbonyl (C=O) groups is 1. The summed E-state index contributed by atoms with van der Waals surface area (Å²) in [5.41, 5.74) is 0. The molecule has 1 saturated heterocycles. The summed E-state index contributed by atoms with van der Waals surface area (Å²) in [6.07, 6.45) is 4.43. The van der Waals surface area contributed by atoms with E-state index in [0.29, 0.717) is 4.47 Å². The lowest BCUT2D eigenvalue weighted by Crippen LogP contribution is -2.35. The Bertz CT molecular complexity index is 445. The molecule has 1 heterocycles. The predicted molar refractivity (Wildman–Crippen MR) is 74.6 cm³/mol. The van der Waals surface area contributed by atoms with Gasteiger partial charge in [-0.3, -0.25) is 4.79 Å². The van der Waals surface area contributed by atoms with Crippen molar-refractivity contribution in [3.63, 3.8) is 0 Å². The number of benzene rings is 1. The van der Waals surface area contributed by atoms with Gasteiger partial charge >= 0.3 is 0 Å². The van der Waals surface area contributed by atoms with E-state index in [2.05, 4.69) is 15.9 Å². The van der Waals surface area contributed by atoms with Gasteiger partial charge in [-0.05, 0) is 31.0 Å². The number of rotatable bonds is 3. The molecule has 0 atom stereocenters. The minimum atomic E-state index is -0.460. The first kappa shape index (κ1) is 14.3. The van der Waals surface area contributed by atoms with Crippen LogP contribution in [-0.4, -0.2) is 30.5 Å². The van der Waals surface area contributed by atoms with Crippen LogP contribution in [0.4, 0.5) is 4.39 Å². The standard InChI is InChI=1S/C14H17BrFNO2/c15-11-5-6-13(12(16)9-11)19-10-14(18)17-7-3-1-2-4-8-17/h5-6,9H,1-4,7-8,10H2. The summed E-state index contributed by atoms with van der Waals surface area (Å²) in [7, 11) is 0. The minimum absolute atomic E-state index is 0.0655. The van der Waals surface area contributed by atoms with Crippen LogP contribution in [0.5, 0.6) is 5.75 Å². The third-order valence-corrected chi connectivity index (χ3v) is 3.70. The first-order chi connectivity index (χ1) is 9.16. The third kappa shape index (κ3) is 4.20. The number of halogens is 2. The van der Waals surface area contributed by atoms with Crippen molar-refractivity contribution in [2.75, 3.05) is 19.7 Å². The van der Waals surface area contributed by atoms with Crippen LogP contribution in [0.2, 0.25) is 0 Å².